The van der Waals surface area contributed by atoms with Crippen molar-refractivity contribution in [3.63, 3.8) is 0 Å². The van der Waals surface area contributed by atoms with Gasteiger partial charge in [0.25, 0.3) is 10.0 Å². The van der Waals surface area contributed by atoms with Crippen LogP contribution in [0.3, 0.4) is 0 Å². The fraction of sp³-hybridized carbons (Fsp3) is 0.188. The Bertz CT molecular complexity index is 891. The van der Waals surface area contributed by atoms with Crippen LogP contribution in [0.2, 0.25) is 10.0 Å². The average Bonchev–Trinajstić information content (AvgIpc) is 2.53. The van der Waals surface area contributed by atoms with Gasteiger partial charge in [-0.3, -0.25) is 0 Å². The lowest BCUT2D eigenvalue weighted by Crippen LogP contribution is -2.19. The molecule has 2 aromatic carbocycles. The smallest absolute Gasteiger partial charge is 0.279 e. The summed E-state index contributed by atoms with van der Waals surface area (Å²) in [7, 11) is -0.979. The zero-order valence-electron chi connectivity index (χ0n) is 13.7. The van der Waals surface area contributed by atoms with E-state index < -0.39 is 10.0 Å². The van der Waals surface area contributed by atoms with Gasteiger partial charge < -0.3 is 9.47 Å². The van der Waals surface area contributed by atoms with Gasteiger partial charge in [-0.25, -0.2) is 0 Å². The molecule has 6 nitrogen and oxygen atoms in total. The molecule has 0 radical (unpaired) electrons. The van der Waals surface area contributed by atoms with Gasteiger partial charge in [-0.2, -0.15) is 18.4 Å². The first-order valence-electron chi connectivity index (χ1n) is 7.01. The fourth-order valence-corrected chi connectivity index (χ4v) is 4.21. The Hall–Kier alpha value is -1.96. The first kappa shape index (κ1) is 19.4. The lowest BCUT2D eigenvalue weighted by molar-refractivity contribution is 0.355. The summed E-state index contributed by atoms with van der Waals surface area (Å²) < 4.78 is 35.0. The van der Waals surface area contributed by atoms with Crippen molar-refractivity contribution in [1.82, 2.24) is 4.83 Å². The van der Waals surface area contributed by atoms with Crippen LogP contribution in [0.25, 0.3) is 0 Å². The van der Waals surface area contributed by atoms with Crippen molar-refractivity contribution in [2.24, 2.45) is 5.10 Å². The largest absolute Gasteiger partial charge is 0.493 e. The lowest BCUT2D eigenvalue weighted by Gasteiger charge is -2.09. The van der Waals surface area contributed by atoms with E-state index in [1.54, 1.807) is 25.1 Å². The Kier molecular flexibility index (Phi) is 6.16. The molecule has 134 valence electrons. The highest BCUT2D eigenvalue weighted by atomic mass is 35.5. The number of halogens is 2. The van der Waals surface area contributed by atoms with Gasteiger partial charge in [0, 0.05) is 0 Å². The van der Waals surface area contributed by atoms with Gasteiger partial charge in [-0.05, 0) is 48.4 Å². The third-order valence-corrected chi connectivity index (χ3v) is 5.35. The molecule has 9 heteroatoms. The molecule has 0 unspecified atom stereocenters. The van der Waals surface area contributed by atoms with E-state index in [9.17, 15) is 8.42 Å². The van der Waals surface area contributed by atoms with Crippen LogP contribution in [0.15, 0.2) is 40.3 Å². The quantitative estimate of drug-likeness (QED) is 0.590. The molecule has 0 atom stereocenters. The van der Waals surface area contributed by atoms with Crippen molar-refractivity contribution < 1.29 is 17.9 Å². The summed E-state index contributed by atoms with van der Waals surface area (Å²) >= 11 is 12.0. The summed E-state index contributed by atoms with van der Waals surface area (Å²) in [5.41, 5.74) is 1.37. The van der Waals surface area contributed by atoms with E-state index in [4.69, 9.17) is 32.7 Å². The summed E-state index contributed by atoms with van der Waals surface area (Å²) in [6, 6.07) is 8.07. The molecule has 0 aliphatic heterocycles. The van der Waals surface area contributed by atoms with Gasteiger partial charge in [0.2, 0.25) is 0 Å². The van der Waals surface area contributed by atoms with Crippen LogP contribution >= 0.6 is 23.2 Å². The van der Waals surface area contributed by atoms with Crippen molar-refractivity contribution in [3.8, 4) is 11.5 Å². The topological polar surface area (TPSA) is 77.0 Å². The standard InChI is InChI=1S/C16H16Cl2N2O4S/c1-10-6-12(17)16(13(18)7-10)25(21,22)20-19-9-11-4-5-14(23-2)15(8-11)24-3/h4-9,20H,1-3H3/b19-9-. The predicted molar refractivity (Wildman–Crippen MR) is 98.7 cm³/mol. The first-order valence-corrected chi connectivity index (χ1v) is 9.25. The van der Waals surface area contributed by atoms with Gasteiger partial charge in [0.1, 0.15) is 4.90 Å². The molecule has 0 heterocycles. The number of hydrazone groups is 1. The van der Waals surface area contributed by atoms with E-state index in [0.717, 1.165) is 5.56 Å². The molecule has 2 rings (SSSR count). The Balaban J connectivity index is 2.24. The van der Waals surface area contributed by atoms with Crippen molar-refractivity contribution in [2.75, 3.05) is 14.2 Å². The molecular weight excluding hydrogens is 387 g/mol. The van der Waals surface area contributed by atoms with Gasteiger partial charge in [-0.15, -0.1) is 0 Å². The van der Waals surface area contributed by atoms with Crippen LogP contribution < -0.4 is 14.3 Å². The van der Waals surface area contributed by atoms with E-state index in [-0.39, 0.29) is 14.9 Å². The Labute approximate surface area is 156 Å². The van der Waals surface area contributed by atoms with E-state index >= 15 is 0 Å². The minimum Gasteiger partial charge on any atom is -0.493 e. The summed E-state index contributed by atoms with van der Waals surface area (Å²) in [5.74, 6) is 1.05. The molecule has 0 saturated heterocycles. The summed E-state index contributed by atoms with van der Waals surface area (Å²) in [4.78, 5) is 1.87. The number of sulfonamides is 1. The molecule has 0 aliphatic rings. The molecule has 1 N–H and O–H groups in total. The van der Waals surface area contributed by atoms with Crippen molar-refractivity contribution in [2.45, 2.75) is 11.8 Å². The highest BCUT2D eigenvalue weighted by Crippen LogP contribution is 2.30. The lowest BCUT2D eigenvalue weighted by atomic mass is 10.2. The second-order valence-electron chi connectivity index (χ2n) is 5.03. The fourth-order valence-electron chi connectivity index (χ4n) is 2.09. The van der Waals surface area contributed by atoms with Gasteiger partial charge in [0.15, 0.2) is 11.5 Å². The van der Waals surface area contributed by atoms with Crippen LogP contribution in [0.1, 0.15) is 11.1 Å². The van der Waals surface area contributed by atoms with Gasteiger partial charge >= 0.3 is 0 Å². The first-order chi connectivity index (χ1) is 11.8. The number of nitrogens with zero attached hydrogens (tertiary/aromatic N) is 1. The number of benzene rings is 2. The van der Waals surface area contributed by atoms with Crippen LogP contribution in [0.4, 0.5) is 0 Å². The molecule has 0 aromatic heterocycles. The molecule has 0 fully saturated rings. The van der Waals surface area contributed by atoms with Crippen LogP contribution in [-0.4, -0.2) is 28.9 Å². The SMILES string of the molecule is COc1ccc(/C=N\NS(=O)(=O)c2c(Cl)cc(C)cc2Cl)cc1OC. The van der Waals surface area contributed by atoms with Crippen LogP contribution in [-0.2, 0) is 10.0 Å². The zero-order valence-corrected chi connectivity index (χ0v) is 16.0. The maximum atomic E-state index is 12.4. The second kappa shape index (κ2) is 7.95. The average molecular weight is 403 g/mol. The third-order valence-electron chi connectivity index (χ3n) is 3.21. The molecule has 2 aromatic rings. The maximum Gasteiger partial charge on any atom is 0.279 e. The van der Waals surface area contributed by atoms with E-state index in [0.29, 0.717) is 17.1 Å². The number of rotatable bonds is 6. The highest BCUT2D eigenvalue weighted by molar-refractivity contribution is 7.89. The number of hydrogen-bond acceptors (Lipinski definition) is 5. The molecule has 0 amide bonds. The minimum absolute atomic E-state index is 0.0267. The predicted octanol–water partition coefficient (Wildman–Crippen LogP) is 3.63. The Morgan fingerprint density at radius 2 is 1.64 bits per heavy atom. The second-order valence-corrected chi connectivity index (χ2v) is 7.44. The van der Waals surface area contributed by atoms with Gasteiger partial charge in [0.05, 0.1) is 30.5 Å². The van der Waals surface area contributed by atoms with E-state index in [1.165, 1.54) is 32.6 Å². The molecular formula is C16H16Cl2N2O4S. The van der Waals surface area contributed by atoms with E-state index in [2.05, 4.69) is 9.93 Å². The van der Waals surface area contributed by atoms with Crippen LogP contribution in [0, 0.1) is 6.92 Å². The highest BCUT2D eigenvalue weighted by Gasteiger charge is 2.21. The summed E-state index contributed by atoms with van der Waals surface area (Å²) in [6.45, 7) is 1.76. The van der Waals surface area contributed by atoms with Gasteiger partial charge in [-0.1, -0.05) is 23.2 Å². The summed E-state index contributed by atoms with van der Waals surface area (Å²) in [5, 5.41) is 3.80. The van der Waals surface area contributed by atoms with Crippen molar-refractivity contribution in [1.29, 1.82) is 0 Å². The number of aryl methyl sites for hydroxylation is 1. The maximum absolute atomic E-state index is 12.4. The van der Waals surface area contributed by atoms with Crippen LogP contribution in [0.5, 0.6) is 11.5 Å². The Morgan fingerprint density at radius 3 is 2.20 bits per heavy atom. The summed E-state index contributed by atoms with van der Waals surface area (Å²) in [6.07, 6.45) is 1.33. The molecule has 0 aliphatic carbocycles. The third kappa shape index (κ3) is 4.56. The monoisotopic (exact) mass is 402 g/mol. The molecule has 0 spiro atoms. The molecule has 0 saturated carbocycles. The molecule has 0 bridgehead atoms. The zero-order chi connectivity index (χ0) is 18.6. The minimum atomic E-state index is -4.00. The normalized spacial score (nSPS) is 11.6. The number of methoxy groups -OCH3 is 2. The number of ether oxygens (including phenoxy) is 2. The van der Waals surface area contributed by atoms with E-state index in [1.807, 2.05) is 0 Å². The molecule has 25 heavy (non-hydrogen) atoms. The number of hydrogen-bond donors (Lipinski definition) is 1. The van der Waals surface area contributed by atoms with Crippen molar-refractivity contribution in [3.05, 3.63) is 51.5 Å². The van der Waals surface area contributed by atoms with Crippen molar-refractivity contribution >= 4 is 39.4 Å². The number of nitrogens with one attached hydrogen (secondary N) is 1. The Morgan fingerprint density at radius 1 is 1.04 bits per heavy atom.